The molecule has 2 aromatic heterocycles. The van der Waals surface area contributed by atoms with Gasteiger partial charge in [0.15, 0.2) is 16.8 Å². The number of benzene rings is 2. The molecule has 4 aromatic rings. The first-order valence-electron chi connectivity index (χ1n) is 9.47. The second-order valence-electron chi connectivity index (χ2n) is 6.72. The average Bonchev–Trinajstić information content (AvgIpc) is 3.20. The summed E-state index contributed by atoms with van der Waals surface area (Å²) in [6.45, 7) is 1.74. The third-order valence-corrected chi connectivity index (χ3v) is 5.99. The molecule has 0 aliphatic carbocycles. The third kappa shape index (κ3) is 4.93. The van der Waals surface area contributed by atoms with E-state index in [2.05, 4.69) is 20.5 Å². The maximum Gasteiger partial charge on any atom is 0.238 e. The zero-order valence-electron chi connectivity index (χ0n) is 16.7. The van der Waals surface area contributed by atoms with Crippen molar-refractivity contribution in [2.45, 2.75) is 17.3 Å². The smallest absolute Gasteiger partial charge is 0.238 e. The van der Waals surface area contributed by atoms with Crippen LogP contribution in [0, 0.1) is 5.82 Å². The largest absolute Gasteiger partial charge is 0.308 e. The monoisotopic (exact) mass is 487 g/mol. The summed E-state index contributed by atoms with van der Waals surface area (Å²) in [6.07, 6.45) is 1.40. The summed E-state index contributed by atoms with van der Waals surface area (Å²) in [6, 6.07) is 17.0. The van der Waals surface area contributed by atoms with E-state index in [-0.39, 0.29) is 22.6 Å². The zero-order valence-corrected chi connectivity index (χ0v) is 19.0. The lowest BCUT2D eigenvalue weighted by Gasteiger charge is -2.14. The first-order chi connectivity index (χ1) is 15.4. The Balaban J connectivity index is 1.63. The van der Waals surface area contributed by atoms with E-state index >= 15 is 0 Å². The van der Waals surface area contributed by atoms with Gasteiger partial charge in [-0.05, 0) is 49.4 Å². The molecule has 2 heterocycles. The first kappa shape index (κ1) is 22.3. The van der Waals surface area contributed by atoms with Crippen LogP contribution >= 0.6 is 35.0 Å². The van der Waals surface area contributed by atoms with Crippen LogP contribution in [0.2, 0.25) is 10.0 Å². The Morgan fingerprint density at radius 1 is 1.09 bits per heavy atom. The lowest BCUT2D eigenvalue weighted by atomic mass is 10.2. The summed E-state index contributed by atoms with van der Waals surface area (Å²) in [5.74, 6) is 0.116. The molecule has 0 radical (unpaired) electrons. The number of nitrogens with one attached hydrogen (secondary N) is 1. The van der Waals surface area contributed by atoms with Gasteiger partial charge in [-0.3, -0.25) is 9.36 Å². The molecule has 1 unspecified atom stereocenters. The van der Waals surface area contributed by atoms with E-state index in [0.29, 0.717) is 21.6 Å². The molecule has 2 aromatic carbocycles. The van der Waals surface area contributed by atoms with Crippen molar-refractivity contribution in [3.63, 3.8) is 0 Å². The van der Waals surface area contributed by atoms with Crippen molar-refractivity contribution in [2.24, 2.45) is 0 Å². The van der Waals surface area contributed by atoms with Gasteiger partial charge in [0.2, 0.25) is 5.91 Å². The van der Waals surface area contributed by atoms with E-state index in [0.717, 1.165) is 5.69 Å². The van der Waals surface area contributed by atoms with Gasteiger partial charge in [-0.25, -0.2) is 9.37 Å². The van der Waals surface area contributed by atoms with E-state index in [4.69, 9.17) is 23.2 Å². The molecule has 32 heavy (non-hydrogen) atoms. The minimum absolute atomic E-state index is 0.227. The van der Waals surface area contributed by atoms with E-state index in [1.807, 2.05) is 34.9 Å². The molecule has 0 spiro atoms. The van der Waals surface area contributed by atoms with Crippen molar-refractivity contribution in [2.75, 3.05) is 5.32 Å². The molecule has 0 saturated heterocycles. The van der Waals surface area contributed by atoms with Crippen LogP contribution in [0.25, 0.3) is 17.1 Å². The number of pyridine rings is 1. The number of halogens is 3. The number of para-hydroxylation sites is 1. The fraction of sp³-hybridized carbons (Fsp3) is 0.0909. The standard InChI is InChI=1S/C22H16Cl2FN5OS/c1-13(21(31)27-19-18(24)11-15(23)12-26-19)32-22-29-28-20(14-7-9-16(25)10-8-14)30(22)17-5-3-2-4-6-17/h2-13H,1H3,(H,26,27,31). The van der Waals surface area contributed by atoms with Gasteiger partial charge < -0.3 is 5.32 Å². The van der Waals surface area contributed by atoms with Gasteiger partial charge in [-0.15, -0.1) is 10.2 Å². The van der Waals surface area contributed by atoms with E-state index in [9.17, 15) is 9.18 Å². The quantitative estimate of drug-likeness (QED) is 0.343. The van der Waals surface area contributed by atoms with Crippen LogP contribution in [0.4, 0.5) is 10.2 Å². The summed E-state index contributed by atoms with van der Waals surface area (Å²) in [7, 11) is 0. The first-order valence-corrected chi connectivity index (χ1v) is 11.1. The lowest BCUT2D eigenvalue weighted by Crippen LogP contribution is -2.23. The highest BCUT2D eigenvalue weighted by molar-refractivity contribution is 8.00. The molecular weight excluding hydrogens is 472 g/mol. The van der Waals surface area contributed by atoms with Crippen LogP contribution in [0.15, 0.2) is 72.0 Å². The number of thioether (sulfide) groups is 1. The Labute approximate surface area is 197 Å². The minimum Gasteiger partial charge on any atom is -0.308 e. The molecule has 162 valence electrons. The van der Waals surface area contributed by atoms with Crippen molar-refractivity contribution >= 4 is 46.7 Å². The maximum absolute atomic E-state index is 13.4. The number of carbonyl (C=O) groups is 1. The van der Waals surface area contributed by atoms with E-state index in [1.165, 1.54) is 36.2 Å². The average molecular weight is 488 g/mol. The van der Waals surface area contributed by atoms with Gasteiger partial charge in [0.05, 0.1) is 15.3 Å². The molecule has 6 nitrogen and oxygen atoms in total. The number of aromatic nitrogens is 4. The molecule has 0 aliphatic heterocycles. The second kappa shape index (κ2) is 9.68. The van der Waals surface area contributed by atoms with Crippen molar-refractivity contribution in [3.05, 3.63) is 82.7 Å². The number of nitrogens with zero attached hydrogens (tertiary/aromatic N) is 4. The van der Waals surface area contributed by atoms with Crippen molar-refractivity contribution in [1.82, 2.24) is 19.7 Å². The fourth-order valence-corrected chi connectivity index (χ4v) is 4.17. The Kier molecular flexibility index (Phi) is 6.74. The van der Waals surface area contributed by atoms with E-state index in [1.54, 1.807) is 19.1 Å². The number of amides is 1. The molecule has 10 heteroatoms. The zero-order chi connectivity index (χ0) is 22.7. The molecule has 1 amide bonds. The summed E-state index contributed by atoms with van der Waals surface area (Å²) < 4.78 is 15.2. The Morgan fingerprint density at radius 3 is 2.50 bits per heavy atom. The number of hydrogen-bond acceptors (Lipinski definition) is 5. The Morgan fingerprint density at radius 2 is 1.81 bits per heavy atom. The highest BCUT2D eigenvalue weighted by Crippen LogP contribution is 2.31. The third-order valence-electron chi connectivity index (χ3n) is 4.45. The predicted octanol–water partition coefficient (Wildman–Crippen LogP) is 5.89. The number of rotatable bonds is 6. The summed E-state index contributed by atoms with van der Waals surface area (Å²) in [5, 5.41) is 11.9. The molecular formula is C22H16Cl2FN5OS. The SMILES string of the molecule is CC(Sc1nnc(-c2ccc(F)cc2)n1-c1ccccc1)C(=O)Nc1ncc(Cl)cc1Cl. The normalized spacial score (nSPS) is 11.9. The summed E-state index contributed by atoms with van der Waals surface area (Å²) in [4.78, 5) is 16.8. The lowest BCUT2D eigenvalue weighted by molar-refractivity contribution is -0.115. The number of carbonyl (C=O) groups excluding carboxylic acids is 1. The summed E-state index contributed by atoms with van der Waals surface area (Å²) >= 11 is 13.2. The molecule has 4 rings (SSSR count). The van der Waals surface area contributed by atoms with E-state index < -0.39 is 5.25 Å². The topological polar surface area (TPSA) is 72.7 Å². The van der Waals surface area contributed by atoms with Crippen LogP contribution < -0.4 is 5.32 Å². The van der Waals surface area contributed by atoms with Gasteiger partial charge in [0.25, 0.3) is 0 Å². The van der Waals surface area contributed by atoms with Crippen LogP contribution in [-0.2, 0) is 4.79 Å². The molecule has 0 aliphatic rings. The maximum atomic E-state index is 13.4. The van der Waals surface area contributed by atoms with Crippen LogP contribution in [0.1, 0.15) is 6.92 Å². The minimum atomic E-state index is -0.545. The number of hydrogen-bond donors (Lipinski definition) is 1. The molecule has 0 bridgehead atoms. The fourth-order valence-electron chi connectivity index (χ4n) is 2.88. The van der Waals surface area contributed by atoms with Crippen molar-refractivity contribution < 1.29 is 9.18 Å². The van der Waals surface area contributed by atoms with Gasteiger partial charge in [0, 0.05) is 17.4 Å². The second-order valence-corrected chi connectivity index (χ2v) is 8.87. The molecule has 0 fully saturated rings. The number of anilines is 1. The van der Waals surface area contributed by atoms with Crippen LogP contribution in [-0.4, -0.2) is 30.9 Å². The van der Waals surface area contributed by atoms with Gasteiger partial charge in [-0.1, -0.05) is 53.2 Å². The van der Waals surface area contributed by atoms with Crippen molar-refractivity contribution in [1.29, 1.82) is 0 Å². The van der Waals surface area contributed by atoms with Crippen LogP contribution in [0.5, 0.6) is 0 Å². The molecule has 1 N–H and O–H groups in total. The van der Waals surface area contributed by atoms with Gasteiger partial charge in [0.1, 0.15) is 5.82 Å². The highest BCUT2D eigenvalue weighted by atomic mass is 35.5. The molecule has 1 atom stereocenters. The molecule has 0 saturated carbocycles. The highest BCUT2D eigenvalue weighted by Gasteiger charge is 2.22. The summed E-state index contributed by atoms with van der Waals surface area (Å²) in [5.41, 5.74) is 1.51. The van der Waals surface area contributed by atoms with Crippen LogP contribution in [0.3, 0.4) is 0 Å². The Bertz CT molecular complexity index is 1250. The van der Waals surface area contributed by atoms with Crippen molar-refractivity contribution in [3.8, 4) is 17.1 Å². The predicted molar refractivity (Wildman–Crippen MR) is 125 cm³/mol. The Hall–Kier alpha value is -2.94. The van der Waals surface area contributed by atoms with Gasteiger partial charge in [-0.2, -0.15) is 0 Å². The van der Waals surface area contributed by atoms with Gasteiger partial charge >= 0.3 is 0 Å².